The second-order valence-corrected chi connectivity index (χ2v) is 5.59. The molecule has 0 radical (unpaired) electrons. The van der Waals surface area contributed by atoms with Gasteiger partial charge in [-0.3, -0.25) is 19.7 Å². The molecule has 1 aliphatic heterocycles. The lowest BCUT2D eigenvalue weighted by atomic mass is 9.97. The van der Waals surface area contributed by atoms with Gasteiger partial charge in [0.2, 0.25) is 0 Å². The van der Waals surface area contributed by atoms with Crippen LogP contribution in [-0.2, 0) is 4.79 Å². The number of carbonyl (C=O) groups excluding carboxylic acids is 3. The van der Waals surface area contributed by atoms with E-state index in [-0.39, 0.29) is 22.8 Å². The summed E-state index contributed by atoms with van der Waals surface area (Å²) in [5.41, 5.74) is 1.15. The molecule has 2 amide bonds. The molecule has 1 N–H and O–H groups in total. The smallest absolute Gasteiger partial charge is 0.299 e. The van der Waals surface area contributed by atoms with Crippen LogP contribution in [0.1, 0.15) is 46.0 Å². The zero-order valence-electron chi connectivity index (χ0n) is 12.8. The summed E-state index contributed by atoms with van der Waals surface area (Å²) in [6.07, 6.45) is 0. The van der Waals surface area contributed by atoms with Gasteiger partial charge in [0.15, 0.2) is 0 Å². The van der Waals surface area contributed by atoms with Gasteiger partial charge in [-0.1, -0.05) is 38.1 Å². The number of amides is 2. The van der Waals surface area contributed by atoms with Crippen LogP contribution < -0.4 is 10.1 Å². The first-order valence-corrected chi connectivity index (χ1v) is 7.29. The average molecular weight is 309 g/mol. The molecular weight excluding hydrogens is 294 g/mol. The molecule has 0 bridgehead atoms. The molecule has 23 heavy (non-hydrogen) atoms. The predicted molar refractivity (Wildman–Crippen MR) is 83.9 cm³/mol. The van der Waals surface area contributed by atoms with Crippen LogP contribution in [0.2, 0.25) is 0 Å². The second-order valence-electron chi connectivity index (χ2n) is 5.59. The molecular formula is C18H15NO4. The molecule has 0 unspecified atom stereocenters. The minimum absolute atomic E-state index is 0.0679. The number of rotatable bonds is 3. The Morgan fingerprint density at radius 3 is 2.30 bits per heavy atom. The van der Waals surface area contributed by atoms with E-state index in [1.807, 2.05) is 43.4 Å². The molecule has 5 heteroatoms. The Morgan fingerprint density at radius 2 is 1.57 bits per heavy atom. The van der Waals surface area contributed by atoms with Gasteiger partial charge in [-0.05, 0) is 29.7 Å². The van der Waals surface area contributed by atoms with Crippen LogP contribution in [0.15, 0.2) is 42.5 Å². The fraction of sp³-hybridized carbons (Fsp3) is 0.167. The quantitative estimate of drug-likeness (QED) is 0.698. The summed E-state index contributed by atoms with van der Waals surface area (Å²) in [4.78, 5) is 35.5. The summed E-state index contributed by atoms with van der Waals surface area (Å²) in [6.45, 7) is 4.08. The van der Waals surface area contributed by atoms with E-state index in [0.29, 0.717) is 5.75 Å². The van der Waals surface area contributed by atoms with Crippen molar-refractivity contribution in [2.45, 2.75) is 19.8 Å². The van der Waals surface area contributed by atoms with Crippen molar-refractivity contribution < 1.29 is 19.1 Å². The molecule has 2 aromatic carbocycles. The van der Waals surface area contributed by atoms with Crippen molar-refractivity contribution in [3.05, 3.63) is 59.2 Å². The largest absolute Gasteiger partial charge is 0.456 e. The number of ketones is 1. The second kappa shape index (κ2) is 5.68. The summed E-state index contributed by atoms with van der Waals surface area (Å²) in [6, 6.07) is 12.2. The molecule has 0 saturated carbocycles. The number of Topliss-reactive ketones (excluding diaryl/α,β-unsaturated/α-hetero) is 1. The highest BCUT2D eigenvalue weighted by atomic mass is 16.5. The van der Waals surface area contributed by atoms with Gasteiger partial charge in [0.1, 0.15) is 11.5 Å². The van der Waals surface area contributed by atoms with E-state index in [2.05, 4.69) is 0 Å². The first kappa shape index (κ1) is 15.0. The Bertz CT molecular complexity index is 824. The van der Waals surface area contributed by atoms with Crippen molar-refractivity contribution >= 4 is 17.6 Å². The zero-order valence-corrected chi connectivity index (χ0v) is 12.8. The van der Waals surface area contributed by atoms with E-state index in [0.717, 1.165) is 5.56 Å². The molecule has 1 aliphatic rings. The van der Waals surface area contributed by atoms with Gasteiger partial charge >= 0.3 is 0 Å². The first-order valence-electron chi connectivity index (χ1n) is 7.29. The van der Waals surface area contributed by atoms with Crippen molar-refractivity contribution in [2.75, 3.05) is 0 Å². The molecule has 0 spiro atoms. The summed E-state index contributed by atoms with van der Waals surface area (Å²) in [7, 11) is 0. The molecule has 1 heterocycles. The van der Waals surface area contributed by atoms with Gasteiger partial charge in [-0.2, -0.15) is 0 Å². The van der Waals surface area contributed by atoms with Crippen molar-refractivity contribution in [2.24, 2.45) is 0 Å². The van der Waals surface area contributed by atoms with Crippen molar-refractivity contribution in [1.29, 1.82) is 0 Å². The maximum absolute atomic E-state index is 12.1. The van der Waals surface area contributed by atoms with E-state index in [9.17, 15) is 14.4 Å². The van der Waals surface area contributed by atoms with E-state index in [1.165, 1.54) is 6.07 Å². The minimum atomic E-state index is -0.915. The number of hydrogen-bond donors (Lipinski definition) is 1. The predicted octanol–water partition coefficient (Wildman–Crippen LogP) is 3.06. The Balaban J connectivity index is 2.08. The van der Waals surface area contributed by atoms with Crippen LogP contribution in [0.4, 0.5) is 0 Å². The first-order chi connectivity index (χ1) is 11.0. The fourth-order valence-corrected chi connectivity index (χ4v) is 2.55. The summed E-state index contributed by atoms with van der Waals surface area (Å²) in [5.74, 6) is -1.16. The topological polar surface area (TPSA) is 72.5 Å². The van der Waals surface area contributed by atoms with Crippen LogP contribution in [0, 0.1) is 0 Å². The monoisotopic (exact) mass is 309 g/mol. The number of imide groups is 1. The maximum atomic E-state index is 12.1. The number of para-hydroxylation sites is 1. The Hall–Kier alpha value is -2.95. The molecule has 0 atom stereocenters. The molecule has 5 nitrogen and oxygen atoms in total. The van der Waals surface area contributed by atoms with E-state index < -0.39 is 17.6 Å². The lowest BCUT2D eigenvalue weighted by Crippen LogP contribution is -2.42. The van der Waals surface area contributed by atoms with Crippen molar-refractivity contribution in [3.8, 4) is 11.5 Å². The van der Waals surface area contributed by atoms with Gasteiger partial charge in [0.05, 0.1) is 5.56 Å². The van der Waals surface area contributed by atoms with Crippen LogP contribution in [0.25, 0.3) is 0 Å². The number of ether oxygens (including phenoxy) is 1. The van der Waals surface area contributed by atoms with Gasteiger partial charge in [0.25, 0.3) is 17.6 Å². The van der Waals surface area contributed by atoms with Crippen LogP contribution in [0.3, 0.4) is 0 Å². The highest BCUT2D eigenvalue weighted by Gasteiger charge is 2.33. The Morgan fingerprint density at radius 1 is 0.870 bits per heavy atom. The fourth-order valence-electron chi connectivity index (χ4n) is 2.55. The van der Waals surface area contributed by atoms with Gasteiger partial charge < -0.3 is 4.74 Å². The van der Waals surface area contributed by atoms with Crippen molar-refractivity contribution in [3.63, 3.8) is 0 Å². The van der Waals surface area contributed by atoms with Crippen LogP contribution >= 0.6 is 0 Å². The lowest BCUT2D eigenvalue weighted by molar-refractivity contribution is -0.116. The maximum Gasteiger partial charge on any atom is 0.299 e. The van der Waals surface area contributed by atoms with Gasteiger partial charge in [-0.15, -0.1) is 0 Å². The molecule has 0 aromatic heterocycles. The normalized spacial score (nSPS) is 13.8. The molecule has 0 aliphatic carbocycles. The van der Waals surface area contributed by atoms with Crippen LogP contribution in [0.5, 0.6) is 11.5 Å². The summed E-state index contributed by atoms with van der Waals surface area (Å²) >= 11 is 0. The summed E-state index contributed by atoms with van der Waals surface area (Å²) in [5, 5.41) is 2.04. The molecule has 0 fully saturated rings. The lowest BCUT2D eigenvalue weighted by Gasteiger charge is -2.19. The third-order valence-corrected chi connectivity index (χ3v) is 3.69. The number of carbonyl (C=O) groups is 3. The average Bonchev–Trinajstić information content (AvgIpc) is 2.53. The van der Waals surface area contributed by atoms with Crippen LogP contribution in [-0.4, -0.2) is 17.6 Å². The minimum Gasteiger partial charge on any atom is -0.456 e. The third-order valence-electron chi connectivity index (χ3n) is 3.69. The molecule has 2 aromatic rings. The molecule has 0 saturated heterocycles. The Labute approximate surface area is 133 Å². The third kappa shape index (κ3) is 2.61. The standard InChI is InChI=1S/C18H15NO4/c1-10(2)11-6-3-4-8-13(11)23-14-9-5-7-12-15(14)17(21)19-18(22)16(12)20/h3-10H,1-2H3,(H,19,21,22). The van der Waals surface area contributed by atoms with E-state index in [1.54, 1.807) is 12.1 Å². The van der Waals surface area contributed by atoms with E-state index >= 15 is 0 Å². The van der Waals surface area contributed by atoms with E-state index in [4.69, 9.17) is 4.74 Å². The summed E-state index contributed by atoms with van der Waals surface area (Å²) < 4.78 is 5.90. The number of hydrogen-bond acceptors (Lipinski definition) is 4. The number of nitrogens with one attached hydrogen (secondary N) is 1. The van der Waals surface area contributed by atoms with Crippen molar-refractivity contribution in [1.82, 2.24) is 5.32 Å². The van der Waals surface area contributed by atoms with Gasteiger partial charge in [0, 0.05) is 5.56 Å². The Kier molecular flexibility index (Phi) is 3.70. The number of fused-ring (bicyclic) bond motifs is 1. The van der Waals surface area contributed by atoms with Gasteiger partial charge in [-0.25, -0.2) is 0 Å². The highest BCUT2D eigenvalue weighted by Crippen LogP contribution is 2.34. The highest BCUT2D eigenvalue weighted by molar-refractivity contribution is 6.49. The molecule has 116 valence electrons. The molecule has 3 rings (SSSR count). The SMILES string of the molecule is CC(C)c1ccccc1Oc1cccc2c1C(=O)NC(=O)C2=O. The number of benzene rings is 2. The zero-order chi connectivity index (χ0) is 16.6.